The molecular weight excluding hydrogens is 352 g/mol. The monoisotopic (exact) mass is 382 g/mol. The number of nitrogens with one attached hydrogen (secondary N) is 3. The van der Waals surface area contributed by atoms with Gasteiger partial charge in [0.05, 0.1) is 19.4 Å². The van der Waals surface area contributed by atoms with Crippen LogP contribution in [0.25, 0.3) is 0 Å². The average molecular weight is 383 g/mol. The Kier molecular flexibility index (Phi) is 8.18. The number of benzene rings is 1. The highest BCUT2D eigenvalue weighted by Crippen LogP contribution is 2.25. The first-order valence-corrected chi connectivity index (χ1v) is 10.8. The quantitative estimate of drug-likeness (QED) is 0.421. The normalized spacial score (nSPS) is 15.4. The summed E-state index contributed by atoms with van der Waals surface area (Å²) in [5.74, 6) is 1.92. The van der Waals surface area contributed by atoms with E-state index in [0.717, 1.165) is 24.2 Å². The molecule has 1 aromatic rings. The lowest BCUT2D eigenvalue weighted by molar-refractivity contribution is 0.316. The number of rotatable bonds is 10. The van der Waals surface area contributed by atoms with Crippen LogP contribution in [0, 0.1) is 5.92 Å². The Labute approximate surface area is 156 Å². The number of methoxy groups -OCH3 is 1. The van der Waals surface area contributed by atoms with Gasteiger partial charge in [0.2, 0.25) is 10.0 Å². The molecule has 0 aliphatic heterocycles. The van der Waals surface area contributed by atoms with Gasteiger partial charge in [0.25, 0.3) is 0 Å². The third kappa shape index (κ3) is 6.84. The number of nitrogens with zero attached hydrogens (tertiary/aromatic N) is 1. The molecule has 26 heavy (non-hydrogen) atoms. The highest BCUT2D eigenvalue weighted by Gasteiger charge is 2.20. The molecule has 0 bridgehead atoms. The van der Waals surface area contributed by atoms with Crippen LogP contribution in [0.2, 0.25) is 0 Å². The minimum Gasteiger partial charge on any atom is -0.496 e. The number of sulfonamides is 1. The predicted molar refractivity (Wildman–Crippen MR) is 105 cm³/mol. The molecule has 0 unspecified atom stereocenters. The van der Waals surface area contributed by atoms with Gasteiger partial charge in [-0.05, 0) is 31.7 Å². The van der Waals surface area contributed by atoms with E-state index in [4.69, 9.17) is 4.74 Å². The van der Waals surface area contributed by atoms with Gasteiger partial charge in [-0.25, -0.2) is 18.1 Å². The summed E-state index contributed by atoms with van der Waals surface area (Å²) in [6.45, 7) is 3.98. The van der Waals surface area contributed by atoms with Crippen LogP contribution in [0.3, 0.4) is 0 Å². The first kappa shape index (κ1) is 20.5. The Morgan fingerprint density at radius 1 is 1.27 bits per heavy atom. The predicted octanol–water partition coefficient (Wildman–Crippen LogP) is 1.47. The zero-order valence-corrected chi connectivity index (χ0v) is 16.4. The van der Waals surface area contributed by atoms with Gasteiger partial charge in [-0.2, -0.15) is 0 Å². The molecule has 2 rings (SSSR count). The number of aliphatic imine (C=N–C) groups is 1. The largest absolute Gasteiger partial charge is 0.496 e. The zero-order valence-electron chi connectivity index (χ0n) is 15.6. The molecule has 0 saturated heterocycles. The minimum atomic E-state index is -3.26. The summed E-state index contributed by atoms with van der Waals surface area (Å²) in [4.78, 5) is 4.51. The fraction of sp³-hybridized carbons (Fsp3) is 0.611. The topological polar surface area (TPSA) is 91.8 Å². The van der Waals surface area contributed by atoms with Gasteiger partial charge in [0.1, 0.15) is 5.75 Å². The van der Waals surface area contributed by atoms with Crippen molar-refractivity contribution in [2.75, 3.05) is 32.5 Å². The van der Waals surface area contributed by atoms with Gasteiger partial charge >= 0.3 is 0 Å². The molecule has 1 aliphatic carbocycles. The van der Waals surface area contributed by atoms with Crippen LogP contribution in [0.1, 0.15) is 31.7 Å². The van der Waals surface area contributed by atoms with Crippen LogP contribution in [0.15, 0.2) is 29.3 Å². The van der Waals surface area contributed by atoms with Gasteiger partial charge in [0, 0.05) is 25.2 Å². The second kappa shape index (κ2) is 10.4. The van der Waals surface area contributed by atoms with Crippen molar-refractivity contribution in [3.05, 3.63) is 29.8 Å². The summed E-state index contributed by atoms with van der Waals surface area (Å²) in [7, 11) is -1.62. The maximum atomic E-state index is 12.0. The second-order valence-electron chi connectivity index (χ2n) is 6.40. The number of para-hydroxylation sites is 1. The van der Waals surface area contributed by atoms with Crippen molar-refractivity contribution in [1.29, 1.82) is 0 Å². The van der Waals surface area contributed by atoms with Crippen LogP contribution >= 0.6 is 0 Å². The zero-order chi connectivity index (χ0) is 18.8. The van der Waals surface area contributed by atoms with E-state index in [0.29, 0.717) is 38.1 Å². The van der Waals surface area contributed by atoms with E-state index >= 15 is 0 Å². The van der Waals surface area contributed by atoms with Crippen LogP contribution < -0.4 is 20.1 Å². The van der Waals surface area contributed by atoms with Gasteiger partial charge in [-0.3, -0.25) is 0 Å². The lowest BCUT2D eigenvalue weighted by Gasteiger charge is -2.25. The SMILES string of the molecule is CCNC(=NCc1ccccc1OC)NCCS(=O)(=O)NCC1CCC1. The molecule has 7 nitrogen and oxygen atoms in total. The lowest BCUT2D eigenvalue weighted by Crippen LogP contribution is -2.42. The molecule has 146 valence electrons. The number of hydrogen-bond donors (Lipinski definition) is 3. The molecule has 0 aromatic heterocycles. The van der Waals surface area contributed by atoms with E-state index in [1.165, 1.54) is 6.42 Å². The third-order valence-corrected chi connectivity index (χ3v) is 5.77. The Balaban J connectivity index is 1.82. The molecule has 1 fully saturated rings. The Morgan fingerprint density at radius 3 is 2.69 bits per heavy atom. The fourth-order valence-corrected chi connectivity index (χ4v) is 3.66. The summed E-state index contributed by atoms with van der Waals surface area (Å²) >= 11 is 0. The highest BCUT2D eigenvalue weighted by atomic mass is 32.2. The Morgan fingerprint density at radius 2 is 2.04 bits per heavy atom. The summed E-state index contributed by atoms with van der Waals surface area (Å²) in [6.07, 6.45) is 3.46. The number of ether oxygens (including phenoxy) is 1. The van der Waals surface area contributed by atoms with Gasteiger partial charge in [0.15, 0.2) is 5.96 Å². The van der Waals surface area contributed by atoms with Gasteiger partial charge < -0.3 is 15.4 Å². The molecule has 0 atom stereocenters. The van der Waals surface area contributed by atoms with Crippen molar-refractivity contribution < 1.29 is 13.2 Å². The maximum absolute atomic E-state index is 12.0. The van der Waals surface area contributed by atoms with Crippen molar-refractivity contribution in [1.82, 2.24) is 15.4 Å². The summed E-state index contributed by atoms with van der Waals surface area (Å²) in [6, 6.07) is 7.71. The van der Waals surface area contributed by atoms with Crippen LogP contribution in [0.4, 0.5) is 0 Å². The van der Waals surface area contributed by atoms with Crippen molar-refractivity contribution in [3.63, 3.8) is 0 Å². The molecular formula is C18H30N4O3S. The van der Waals surface area contributed by atoms with Crippen LogP contribution in [0.5, 0.6) is 5.75 Å². The lowest BCUT2D eigenvalue weighted by atomic mass is 9.86. The third-order valence-electron chi connectivity index (χ3n) is 4.42. The van der Waals surface area contributed by atoms with Gasteiger partial charge in [-0.15, -0.1) is 0 Å². The molecule has 3 N–H and O–H groups in total. The molecule has 0 heterocycles. The van der Waals surface area contributed by atoms with E-state index in [1.54, 1.807) is 7.11 Å². The minimum absolute atomic E-state index is 0.0266. The standard InChI is InChI=1S/C18H30N4O3S/c1-3-19-18(21-14-16-9-4-5-10-17(16)25-2)20-11-12-26(23,24)22-13-15-7-6-8-15/h4-5,9-10,15,22H,3,6-8,11-14H2,1-2H3,(H2,19,20,21). The van der Waals surface area contributed by atoms with Crippen molar-refractivity contribution in [3.8, 4) is 5.75 Å². The number of hydrogen-bond acceptors (Lipinski definition) is 4. The molecule has 0 spiro atoms. The smallest absolute Gasteiger partial charge is 0.213 e. The molecule has 1 aromatic carbocycles. The van der Waals surface area contributed by atoms with E-state index in [2.05, 4.69) is 20.3 Å². The fourth-order valence-electron chi connectivity index (χ4n) is 2.66. The second-order valence-corrected chi connectivity index (χ2v) is 8.32. The van der Waals surface area contributed by atoms with Crippen LogP contribution in [-0.4, -0.2) is 46.9 Å². The summed E-state index contributed by atoms with van der Waals surface area (Å²) in [5, 5.41) is 6.21. The van der Waals surface area contributed by atoms with E-state index in [9.17, 15) is 8.42 Å². The first-order chi connectivity index (χ1) is 12.5. The number of guanidine groups is 1. The van der Waals surface area contributed by atoms with E-state index in [1.807, 2.05) is 31.2 Å². The Hall–Kier alpha value is -1.80. The van der Waals surface area contributed by atoms with Crippen LogP contribution in [-0.2, 0) is 16.6 Å². The Bertz CT molecular complexity index is 687. The maximum Gasteiger partial charge on any atom is 0.213 e. The van der Waals surface area contributed by atoms with Gasteiger partial charge in [-0.1, -0.05) is 24.6 Å². The first-order valence-electron chi connectivity index (χ1n) is 9.15. The molecule has 0 amide bonds. The molecule has 1 aliphatic rings. The molecule has 0 radical (unpaired) electrons. The molecule has 1 saturated carbocycles. The van der Waals surface area contributed by atoms with Crippen molar-refractivity contribution in [2.45, 2.75) is 32.7 Å². The van der Waals surface area contributed by atoms with Crippen molar-refractivity contribution in [2.24, 2.45) is 10.9 Å². The highest BCUT2D eigenvalue weighted by molar-refractivity contribution is 7.89. The van der Waals surface area contributed by atoms with E-state index < -0.39 is 10.0 Å². The average Bonchev–Trinajstić information content (AvgIpc) is 2.58. The summed E-state index contributed by atoms with van der Waals surface area (Å²) in [5.41, 5.74) is 0.974. The van der Waals surface area contributed by atoms with Crippen molar-refractivity contribution >= 4 is 16.0 Å². The summed E-state index contributed by atoms with van der Waals surface area (Å²) < 4.78 is 32.1. The molecule has 8 heteroatoms. The van der Waals surface area contributed by atoms with E-state index in [-0.39, 0.29) is 5.75 Å².